The smallest absolute Gasteiger partial charge is 0.410 e. The highest BCUT2D eigenvalue weighted by molar-refractivity contribution is 6.00. The number of hydrogen-bond acceptors (Lipinski definition) is 8. The van der Waals surface area contributed by atoms with Gasteiger partial charge in [0, 0.05) is 38.3 Å². The molecule has 6 rings (SSSR count). The molecule has 0 radical (unpaired) electrons. The maximum absolute atomic E-state index is 14.4. The maximum Gasteiger partial charge on any atom is 0.410 e. The zero-order valence-electron chi connectivity index (χ0n) is 28.7. The minimum absolute atomic E-state index is 0.108. The molecule has 2 aliphatic rings. The summed E-state index contributed by atoms with van der Waals surface area (Å²) in [7, 11) is 3.18. The molecule has 0 spiro atoms. The fourth-order valence-corrected chi connectivity index (χ4v) is 6.45. The van der Waals surface area contributed by atoms with Gasteiger partial charge in [0.15, 0.2) is 0 Å². The van der Waals surface area contributed by atoms with Crippen molar-refractivity contribution in [2.24, 2.45) is 0 Å². The largest absolute Gasteiger partial charge is 0.497 e. The van der Waals surface area contributed by atoms with Gasteiger partial charge in [-0.15, -0.1) is 0 Å². The van der Waals surface area contributed by atoms with Gasteiger partial charge in [0.2, 0.25) is 5.91 Å². The van der Waals surface area contributed by atoms with E-state index in [0.29, 0.717) is 48.7 Å². The van der Waals surface area contributed by atoms with E-state index in [0.717, 1.165) is 16.8 Å². The van der Waals surface area contributed by atoms with Gasteiger partial charge in [-0.2, -0.15) is 0 Å². The number of nitrogens with zero attached hydrogens (tertiary/aromatic N) is 5. The molecule has 1 aromatic heterocycles. The number of ether oxygens (including phenoxy) is 3. The van der Waals surface area contributed by atoms with Crippen LogP contribution in [0, 0.1) is 0 Å². The average molecular weight is 670 g/mol. The molecule has 3 amide bonds. The Bertz CT molecular complexity index is 1900. The first kappa shape index (κ1) is 33.6. The highest BCUT2D eigenvalue weighted by atomic mass is 16.6. The number of hydrogen-bond donors (Lipinski definition) is 0. The van der Waals surface area contributed by atoms with Crippen LogP contribution < -0.4 is 20.1 Å². The number of carbonyl (C=O) groups is 3. The van der Waals surface area contributed by atoms with Gasteiger partial charge >= 0.3 is 11.8 Å². The SMILES string of the molecule is COc1ccc(CN2C(=O)CCC(n3c(=O)n(Cc4ccc(OC)cc4)c4cc(N5CCN(C(=O)OC(C)(C)C)CC5)ccc43)C2=O)cc1. The number of fused-ring (bicyclic) bond motifs is 1. The van der Waals surface area contributed by atoms with Crippen LogP contribution in [0.2, 0.25) is 0 Å². The van der Waals surface area contributed by atoms with Crippen LogP contribution in [-0.2, 0) is 27.4 Å². The molecule has 2 saturated heterocycles. The van der Waals surface area contributed by atoms with Crippen LogP contribution in [0.1, 0.15) is 50.8 Å². The number of benzene rings is 3. The summed E-state index contributed by atoms with van der Waals surface area (Å²) >= 11 is 0. The minimum Gasteiger partial charge on any atom is -0.497 e. The van der Waals surface area contributed by atoms with Gasteiger partial charge in [-0.1, -0.05) is 24.3 Å². The Kier molecular flexibility index (Phi) is 9.40. The van der Waals surface area contributed by atoms with Gasteiger partial charge in [-0.05, 0) is 80.8 Å². The molecule has 0 N–H and O–H groups in total. The van der Waals surface area contributed by atoms with Crippen molar-refractivity contribution in [1.29, 1.82) is 0 Å². The van der Waals surface area contributed by atoms with Crippen LogP contribution >= 0.6 is 0 Å². The van der Waals surface area contributed by atoms with E-state index in [4.69, 9.17) is 14.2 Å². The Balaban J connectivity index is 1.33. The lowest BCUT2D eigenvalue weighted by molar-refractivity contribution is -0.151. The normalized spacial score (nSPS) is 17.1. The van der Waals surface area contributed by atoms with Gasteiger partial charge in [0.25, 0.3) is 5.91 Å². The van der Waals surface area contributed by atoms with E-state index in [1.165, 1.54) is 4.90 Å². The Morgan fingerprint density at radius 3 is 1.94 bits per heavy atom. The summed E-state index contributed by atoms with van der Waals surface area (Å²) in [5.41, 5.74) is 2.99. The lowest BCUT2D eigenvalue weighted by atomic mass is 10.0. The Labute approximate surface area is 285 Å². The summed E-state index contributed by atoms with van der Waals surface area (Å²) in [6.45, 7) is 8.13. The average Bonchev–Trinajstić information content (AvgIpc) is 3.36. The van der Waals surface area contributed by atoms with Crippen molar-refractivity contribution in [3.05, 3.63) is 88.3 Å². The zero-order chi connectivity index (χ0) is 34.9. The molecule has 0 aliphatic carbocycles. The Hall–Kier alpha value is -5.26. The third-order valence-electron chi connectivity index (χ3n) is 9.04. The number of carbonyl (C=O) groups excluding carboxylic acids is 3. The maximum atomic E-state index is 14.4. The monoisotopic (exact) mass is 669 g/mol. The molecule has 2 aliphatic heterocycles. The number of imide groups is 1. The molecule has 49 heavy (non-hydrogen) atoms. The molecule has 3 heterocycles. The van der Waals surface area contributed by atoms with Crippen molar-refractivity contribution < 1.29 is 28.6 Å². The molecular weight excluding hydrogens is 626 g/mol. The van der Waals surface area contributed by atoms with Crippen molar-refractivity contribution in [2.45, 2.75) is 58.3 Å². The quantitative estimate of drug-likeness (QED) is 0.246. The first-order valence-corrected chi connectivity index (χ1v) is 16.5. The number of piperazine rings is 1. The van der Waals surface area contributed by atoms with E-state index >= 15 is 0 Å². The van der Waals surface area contributed by atoms with Gasteiger partial charge in [-0.3, -0.25) is 23.6 Å². The standard InChI is InChI=1S/C37H43N5O7/c1-37(2,3)49-36(46)39-20-18-38(19-21-39)27-10-15-30-32(22-27)40(23-25-6-11-28(47-4)12-7-25)35(45)42(30)31-16-17-33(43)41(34(31)44)24-26-8-13-29(48-5)14-9-26/h6-15,22,31H,16-21,23-24H2,1-5H3. The van der Waals surface area contributed by atoms with E-state index in [2.05, 4.69) is 4.90 Å². The van der Waals surface area contributed by atoms with E-state index in [-0.39, 0.29) is 43.6 Å². The summed E-state index contributed by atoms with van der Waals surface area (Å²) in [4.78, 5) is 59.2. The second kappa shape index (κ2) is 13.7. The first-order chi connectivity index (χ1) is 23.5. The third kappa shape index (κ3) is 7.13. The number of likely N-dealkylation sites (tertiary alicyclic amines) is 1. The fraction of sp³-hybridized carbons (Fsp3) is 0.405. The predicted molar refractivity (Wildman–Crippen MR) is 185 cm³/mol. The summed E-state index contributed by atoms with van der Waals surface area (Å²) in [6, 6.07) is 19.7. The molecule has 4 aromatic rings. The Morgan fingerprint density at radius 2 is 1.37 bits per heavy atom. The second-order valence-corrected chi connectivity index (χ2v) is 13.4. The number of methoxy groups -OCH3 is 2. The zero-order valence-corrected chi connectivity index (χ0v) is 28.7. The number of anilines is 1. The molecule has 0 bridgehead atoms. The van der Waals surface area contributed by atoms with Gasteiger partial charge in [0.1, 0.15) is 23.1 Å². The lowest BCUT2D eigenvalue weighted by Crippen LogP contribution is -2.50. The number of aromatic nitrogens is 2. The molecule has 12 heteroatoms. The van der Waals surface area contributed by atoms with Gasteiger partial charge in [-0.25, -0.2) is 9.59 Å². The highest BCUT2D eigenvalue weighted by Gasteiger charge is 2.38. The number of piperidine rings is 1. The van der Waals surface area contributed by atoms with Gasteiger partial charge < -0.3 is 24.0 Å². The van der Waals surface area contributed by atoms with E-state index in [1.54, 1.807) is 40.4 Å². The number of imidazole rings is 1. The molecule has 12 nitrogen and oxygen atoms in total. The molecule has 3 aromatic carbocycles. The topological polar surface area (TPSA) is 116 Å². The van der Waals surface area contributed by atoms with Gasteiger partial charge in [0.05, 0.1) is 38.3 Å². The van der Waals surface area contributed by atoms with Crippen LogP contribution in [0.4, 0.5) is 10.5 Å². The van der Waals surface area contributed by atoms with E-state index in [1.807, 2.05) is 75.4 Å². The highest BCUT2D eigenvalue weighted by Crippen LogP contribution is 2.31. The number of amides is 3. The molecule has 0 saturated carbocycles. The van der Waals surface area contributed by atoms with E-state index < -0.39 is 17.6 Å². The van der Waals surface area contributed by atoms with Crippen LogP contribution in [0.15, 0.2) is 71.5 Å². The van der Waals surface area contributed by atoms with Crippen molar-refractivity contribution in [3.63, 3.8) is 0 Å². The van der Waals surface area contributed by atoms with Crippen LogP contribution in [-0.4, -0.2) is 82.8 Å². The lowest BCUT2D eigenvalue weighted by Gasteiger charge is -2.36. The first-order valence-electron chi connectivity index (χ1n) is 16.5. The third-order valence-corrected chi connectivity index (χ3v) is 9.04. The molecule has 258 valence electrons. The summed E-state index contributed by atoms with van der Waals surface area (Å²) in [5, 5.41) is 0. The summed E-state index contributed by atoms with van der Waals surface area (Å²) < 4.78 is 19.4. The predicted octanol–water partition coefficient (Wildman–Crippen LogP) is 4.82. The fourth-order valence-electron chi connectivity index (χ4n) is 6.45. The Morgan fingerprint density at radius 1 is 0.776 bits per heavy atom. The second-order valence-electron chi connectivity index (χ2n) is 13.4. The van der Waals surface area contributed by atoms with Crippen LogP contribution in [0.3, 0.4) is 0 Å². The van der Waals surface area contributed by atoms with Crippen LogP contribution in [0.25, 0.3) is 11.0 Å². The number of rotatable bonds is 8. The van der Waals surface area contributed by atoms with Crippen molar-refractivity contribution in [1.82, 2.24) is 18.9 Å². The van der Waals surface area contributed by atoms with Crippen molar-refractivity contribution in [3.8, 4) is 11.5 Å². The molecule has 1 atom stereocenters. The minimum atomic E-state index is -0.841. The van der Waals surface area contributed by atoms with Crippen molar-refractivity contribution >= 4 is 34.6 Å². The molecule has 2 fully saturated rings. The summed E-state index contributed by atoms with van der Waals surface area (Å²) in [5.74, 6) is 0.721. The molecule has 1 unspecified atom stereocenters. The molecular formula is C37H43N5O7. The van der Waals surface area contributed by atoms with Crippen molar-refractivity contribution in [2.75, 3.05) is 45.3 Å². The summed E-state index contributed by atoms with van der Waals surface area (Å²) in [6.07, 6.45) is 0.0429. The van der Waals surface area contributed by atoms with E-state index in [9.17, 15) is 19.2 Å². The van der Waals surface area contributed by atoms with Crippen LogP contribution in [0.5, 0.6) is 11.5 Å².